The highest BCUT2D eigenvalue weighted by atomic mass is 79.9. The number of halogens is 4. The van der Waals surface area contributed by atoms with E-state index in [0.717, 1.165) is 0 Å². The van der Waals surface area contributed by atoms with Gasteiger partial charge in [0.2, 0.25) is 0 Å². The minimum absolute atomic E-state index is 0.217. The first-order valence-electron chi connectivity index (χ1n) is 3.38. The molecule has 0 aliphatic rings. The summed E-state index contributed by atoms with van der Waals surface area (Å²) < 4.78 is 36.4. The lowest BCUT2D eigenvalue weighted by atomic mass is 10.1. The van der Waals surface area contributed by atoms with E-state index < -0.39 is 18.6 Å². The van der Waals surface area contributed by atoms with Crippen LogP contribution >= 0.6 is 15.9 Å². The predicted molar refractivity (Wildman–Crippen MR) is 46.1 cm³/mol. The van der Waals surface area contributed by atoms with Crippen LogP contribution in [-0.2, 0) is 0 Å². The number of nitriles is 1. The van der Waals surface area contributed by atoms with Crippen LogP contribution < -0.4 is 5.32 Å². The third-order valence-electron chi connectivity index (χ3n) is 1.22. The zero-order chi connectivity index (χ0) is 10.5. The molecule has 1 atom stereocenters. The third kappa shape index (κ3) is 5.66. The van der Waals surface area contributed by atoms with Gasteiger partial charge >= 0.3 is 6.18 Å². The Bertz CT molecular complexity index is 219. The Kier molecular flexibility index (Phi) is 5.03. The maximum atomic E-state index is 11.9. The summed E-state index contributed by atoms with van der Waals surface area (Å²) in [5.74, 6) is -1.96. The van der Waals surface area contributed by atoms with Crippen LogP contribution in [0.1, 0.15) is 0 Å². The first kappa shape index (κ1) is 12.5. The summed E-state index contributed by atoms with van der Waals surface area (Å²) in [6.45, 7) is 3.23. The molecule has 6 heteroatoms. The summed E-state index contributed by atoms with van der Waals surface area (Å²) in [7, 11) is 0. The van der Waals surface area contributed by atoms with Crippen molar-refractivity contribution in [3.8, 4) is 6.07 Å². The Morgan fingerprint density at radius 1 is 1.62 bits per heavy atom. The second-order valence-electron chi connectivity index (χ2n) is 2.37. The minimum atomic E-state index is -4.46. The predicted octanol–water partition coefficient (Wildman–Crippen LogP) is 2.19. The number of nitrogens with one attached hydrogen (secondary N) is 1. The van der Waals surface area contributed by atoms with E-state index in [-0.39, 0.29) is 6.54 Å². The molecule has 0 radical (unpaired) electrons. The van der Waals surface area contributed by atoms with Crippen molar-refractivity contribution in [1.29, 1.82) is 5.26 Å². The average Bonchev–Trinajstić information content (AvgIpc) is 1.95. The molecule has 0 aromatic rings. The van der Waals surface area contributed by atoms with Crippen LogP contribution in [0.25, 0.3) is 0 Å². The summed E-state index contributed by atoms with van der Waals surface area (Å²) in [6.07, 6.45) is -4.46. The molecule has 0 bridgehead atoms. The SMILES string of the molecule is C=C(Br)CNCC(C#N)C(F)(F)F. The number of nitrogens with zero attached hydrogens (tertiary/aromatic N) is 1. The summed E-state index contributed by atoms with van der Waals surface area (Å²) in [5, 5.41) is 10.6. The van der Waals surface area contributed by atoms with Gasteiger partial charge in [0.1, 0.15) is 0 Å². The highest BCUT2D eigenvalue weighted by Gasteiger charge is 2.39. The Labute approximate surface area is 82.5 Å². The first-order chi connectivity index (χ1) is 5.88. The van der Waals surface area contributed by atoms with Gasteiger partial charge in [0, 0.05) is 17.6 Å². The summed E-state index contributed by atoms with van der Waals surface area (Å²) in [5.41, 5.74) is 0. The van der Waals surface area contributed by atoms with Crippen LogP contribution in [0.3, 0.4) is 0 Å². The van der Waals surface area contributed by atoms with Crippen LogP contribution in [0, 0.1) is 17.2 Å². The molecule has 1 unspecified atom stereocenters. The van der Waals surface area contributed by atoms with Gasteiger partial charge in [0.25, 0.3) is 0 Å². The summed E-state index contributed by atoms with van der Waals surface area (Å²) in [6, 6.07) is 1.18. The topological polar surface area (TPSA) is 35.8 Å². The average molecular weight is 257 g/mol. The van der Waals surface area contributed by atoms with Crippen molar-refractivity contribution in [3.63, 3.8) is 0 Å². The quantitative estimate of drug-likeness (QED) is 0.837. The van der Waals surface area contributed by atoms with Crippen molar-refractivity contribution in [2.75, 3.05) is 13.1 Å². The molecule has 0 aromatic carbocycles. The molecule has 0 saturated heterocycles. The van der Waals surface area contributed by atoms with Crippen LogP contribution in [0.5, 0.6) is 0 Å². The van der Waals surface area contributed by atoms with Crippen LogP contribution in [0.15, 0.2) is 11.1 Å². The number of hydrogen-bond donors (Lipinski definition) is 1. The molecule has 74 valence electrons. The largest absolute Gasteiger partial charge is 0.405 e. The number of alkyl halides is 3. The lowest BCUT2D eigenvalue weighted by Crippen LogP contribution is -2.32. The van der Waals surface area contributed by atoms with Gasteiger partial charge in [-0.1, -0.05) is 22.5 Å². The lowest BCUT2D eigenvalue weighted by molar-refractivity contribution is -0.157. The zero-order valence-corrected chi connectivity index (χ0v) is 8.24. The van der Waals surface area contributed by atoms with Crippen LogP contribution in [0.4, 0.5) is 13.2 Å². The van der Waals surface area contributed by atoms with Crippen molar-refractivity contribution in [2.45, 2.75) is 6.18 Å². The van der Waals surface area contributed by atoms with E-state index in [4.69, 9.17) is 5.26 Å². The van der Waals surface area contributed by atoms with Crippen molar-refractivity contribution < 1.29 is 13.2 Å². The third-order valence-corrected chi connectivity index (χ3v) is 1.50. The molecule has 0 heterocycles. The first-order valence-corrected chi connectivity index (χ1v) is 4.17. The van der Waals surface area contributed by atoms with Gasteiger partial charge in [0.05, 0.1) is 6.07 Å². The highest BCUT2D eigenvalue weighted by Crippen LogP contribution is 2.24. The molecule has 2 nitrogen and oxygen atoms in total. The maximum absolute atomic E-state index is 11.9. The van der Waals surface area contributed by atoms with E-state index in [0.29, 0.717) is 4.48 Å². The van der Waals surface area contributed by atoms with Crippen LogP contribution in [0.2, 0.25) is 0 Å². The van der Waals surface area contributed by atoms with E-state index in [1.54, 1.807) is 0 Å². The van der Waals surface area contributed by atoms with Crippen molar-refractivity contribution in [2.24, 2.45) is 5.92 Å². The smallest absolute Gasteiger partial charge is 0.311 e. The van der Waals surface area contributed by atoms with E-state index in [9.17, 15) is 13.2 Å². The number of rotatable bonds is 4. The fraction of sp³-hybridized carbons (Fsp3) is 0.571. The maximum Gasteiger partial charge on any atom is 0.405 e. The molecule has 0 aromatic heterocycles. The summed E-state index contributed by atoms with van der Waals surface area (Å²) in [4.78, 5) is 0. The lowest BCUT2D eigenvalue weighted by Gasteiger charge is -2.13. The normalized spacial score (nSPS) is 13.5. The molecular weight excluding hydrogens is 249 g/mol. The molecule has 0 spiro atoms. The van der Waals surface area contributed by atoms with Gasteiger partial charge in [-0.2, -0.15) is 18.4 Å². The van der Waals surface area contributed by atoms with E-state index >= 15 is 0 Å². The minimum Gasteiger partial charge on any atom is -0.311 e. The molecule has 13 heavy (non-hydrogen) atoms. The van der Waals surface area contributed by atoms with Gasteiger partial charge in [-0.05, 0) is 0 Å². The molecule has 0 saturated carbocycles. The van der Waals surface area contributed by atoms with Gasteiger partial charge in [-0.3, -0.25) is 0 Å². The van der Waals surface area contributed by atoms with Crippen molar-refractivity contribution in [1.82, 2.24) is 5.32 Å². The molecule has 0 rings (SSSR count). The second kappa shape index (κ2) is 5.25. The Hall–Kier alpha value is -0.540. The van der Waals surface area contributed by atoms with Gasteiger partial charge in [-0.25, -0.2) is 0 Å². The fourth-order valence-electron chi connectivity index (χ4n) is 0.587. The fourth-order valence-corrected chi connectivity index (χ4v) is 0.785. The molecule has 1 N–H and O–H groups in total. The molecule has 0 fully saturated rings. The molecule has 0 aliphatic carbocycles. The van der Waals surface area contributed by atoms with Crippen LogP contribution in [-0.4, -0.2) is 19.3 Å². The highest BCUT2D eigenvalue weighted by molar-refractivity contribution is 9.11. The standard InChI is InChI=1S/C7H8BrF3N2/c1-5(8)3-13-4-6(2-12)7(9,10)11/h6,13H,1,3-4H2. The Morgan fingerprint density at radius 2 is 2.15 bits per heavy atom. The van der Waals surface area contributed by atoms with E-state index in [1.807, 2.05) is 0 Å². The van der Waals surface area contributed by atoms with E-state index in [1.165, 1.54) is 6.07 Å². The second-order valence-corrected chi connectivity index (χ2v) is 3.49. The monoisotopic (exact) mass is 256 g/mol. The zero-order valence-electron chi connectivity index (χ0n) is 6.66. The molecule has 0 aliphatic heterocycles. The van der Waals surface area contributed by atoms with Gasteiger partial charge in [-0.15, -0.1) is 0 Å². The van der Waals surface area contributed by atoms with Gasteiger partial charge in [0.15, 0.2) is 5.92 Å². The van der Waals surface area contributed by atoms with E-state index in [2.05, 4.69) is 27.8 Å². The van der Waals surface area contributed by atoms with Crippen molar-refractivity contribution in [3.05, 3.63) is 11.1 Å². The molecular formula is C7H8BrF3N2. The van der Waals surface area contributed by atoms with Crippen molar-refractivity contribution >= 4 is 15.9 Å². The van der Waals surface area contributed by atoms with Gasteiger partial charge < -0.3 is 5.32 Å². The summed E-state index contributed by atoms with van der Waals surface area (Å²) >= 11 is 2.98. The Balaban J connectivity index is 3.89. The Morgan fingerprint density at radius 3 is 2.46 bits per heavy atom. The number of hydrogen-bond acceptors (Lipinski definition) is 2. The molecule has 0 amide bonds.